The van der Waals surface area contributed by atoms with Crippen molar-refractivity contribution < 1.29 is 9.59 Å². The molecular formula is CH8N2O2Si2. The Bertz CT molecular complexity index is 66.7. The number of nitrogens with two attached hydrogens (primary N) is 1. The van der Waals surface area contributed by atoms with Crippen molar-refractivity contribution in [3.63, 3.8) is 0 Å². The summed E-state index contributed by atoms with van der Waals surface area (Å²) in [6, 6.07) is -0.506. The van der Waals surface area contributed by atoms with Crippen molar-refractivity contribution in [2.45, 2.75) is 0 Å². The molecule has 0 unspecified atom stereocenters. The summed E-state index contributed by atoms with van der Waals surface area (Å²) in [5.41, 5.74) is 4.67. The molecule has 0 fully saturated rings. The minimum absolute atomic E-state index is 0.506. The summed E-state index contributed by atoms with van der Waals surface area (Å²) in [4.78, 5) is 20.4. The van der Waals surface area contributed by atoms with E-state index >= 15 is 0 Å². The lowest BCUT2D eigenvalue weighted by atomic mass is 11.2. The van der Waals surface area contributed by atoms with Crippen molar-refractivity contribution in [1.29, 1.82) is 0 Å². The van der Waals surface area contributed by atoms with Gasteiger partial charge in [0.2, 0.25) is 0 Å². The first-order valence-corrected chi connectivity index (χ1v) is 7.25. The van der Waals surface area contributed by atoms with Crippen LogP contribution in [-0.4, -0.2) is 29.3 Å². The molecule has 0 aromatic rings. The predicted molar refractivity (Wildman–Crippen MR) is 32.0 cm³/mol. The fourth-order valence-corrected chi connectivity index (χ4v) is 1.61. The van der Waals surface area contributed by atoms with Crippen LogP contribution in [0, 0.1) is 0 Å². The standard InChI is InChI=1S/CH8N2O2Si2/c2-1(4)3-6-7-5/h5H,6-7H2,(H3,2,3,4). The van der Waals surface area contributed by atoms with Gasteiger partial charge in [0, 0.05) is 0 Å². The Morgan fingerprint density at radius 2 is 2.43 bits per heavy atom. The largest absolute Gasteiger partial charge is 0.440 e. The first kappa shape index (κ1) is 6.66. The highest BCUT2D eigenvalue weighted by atomic mass is 29.2. The molecule has 0 radical (unpaired) electrons. The molecule has 0 rings (SSSR count). The van der Waals surface area contributed by atoms with E-state index in [9.17, 15) is 4.79 Å². The SMILES string of the molecule is NC(=O)N[SiH2][SiH2]O. The number of carbonyl (C=O) groups excluding carboxylic acids is 1. The smallest absolute Gasteiger partial charge is 0.303 e. The van der Waals surface area contributed by atoms with Crippen LogP contribution in [-0.2, 0) is 0 Å². The molecule has 7 heavy (non-hydrogen) atoms. The van der Waals surface area contributed by atoms with Crippen molar-refractivity contribution in [3.8, 4) is 0 Å². The number of rotatable bonds is 2. The van der Waals surface area contributed by atoms with E-state index in [1.807, 2.05) is 0 Å². The van der Waals surface area contributed by atoms with Gasteiger partial charge < -0.3 is 15.5 Å². The molecule has 0 aromatic heterocycles. The highest BCUT2D eigenvalue weighted by molar-refractivity contribution is 6.96. The van der Waals surface area contributed by atoms with Crippen LogP contribution in [0.4, 0.5) is 4.79 Å². The van der Waals surface area contributed by atoms with Gasteiger partial charge in [0.1, 0.15) is 9.20 Å². The number of carbonyl (C=O) groups is 1. The molecule has 42 valence electrons. The van der Waals surface area contributed by atoms with E-state index in [2.05, 4.69) is 10.7 Å². The quantitative estimate of drug-likeness (QED) is 0.348. The molecule has 4 nitrogen and oxygen atoms in total. The van der Waals surface area contributed by atoms with Gasteiger partial charge in [-0.25, -0.2) is 0 Å². The van der Waals surface area contributed by atoms with Gasteiger partial charge in [0.25, 0.3) is 0 Å². The number of nitrogens with one attached hydrogen (secondary N) is 1. The fourth-order valence-electron chi connectivity index (χ4n) is 0.179. The van der Waals surface area contributed by atoms with E-state index in [0.29, 0.717) is 0 Å². The number of urea groups is 1. The van der Waals surface area contributed by atoms with Crippen LogP contribution in [0.1, 0.15) is 0 Å². The lowest BCUT2D eigenvalue weighted by Crippen LogP contribution is -2.35. The number of hydrogen-bond donors (Lipinski definition) is 3. The fraction of sp³-hybridized carbons (Fsp3) is 0. The molecule has 4 N–H and O–H groups in total. The number of primary amides is 1. The van der Waals surface area contributed by atoms with Crippen molar-refractivity contribution in [2.75, 3.05) is 0 Å². The second kappa shape index (κ2) is 3.84. The molecule has 0 atom stereocenters. The average Bonchev–Trinajstić information content (AvgIpc) is 1.61. The van der Waals surface area contributed by atoms with E-state index < -0.39 is 24.5 Å². The lowest BCUT2D eigenvalue weighted by molar-refractivity contribution is 0.253. The van der Waals surface area contributed by atoms with Crippen LogP contribution in [0.2, 0.25) is 0 Å². The lowest BCUT2D eigenvalue weighted by Gasteiger charge is -1.91. The van der Waals surface area contributed by atoms with Gasteiger partial charge >= 0.3 is 6.03 Å². The van der Waals surface area contributed by atoms with Gasteiger partial charge in [0.05, 0.1) is 0 Å². The van der Waals surface area contributed by atoms with E-state index in [0.717, 1.165) is 0 Å². The summed E-state index contributed by atoms with van der Waals surface area (Å²) in [5, 5.41) is 0. The van der Waals surface area contributed by atoms with Crippen LogP contribution in [0.5, 0.6) is 0 Å². The molecule has 6 heteroatoms. The Balaban J connectivity index is 2.82. The van der Waals surface area contributed by atoms with Crippen molar-refractivity contribution in [3.05, 3.63) is 0 Å². The first-order chi connectivity index (χ1) is 3.27. The molecule has 0 aliphatic heterocycles. The molecule has 0 bridgehead atoms. The summed E-state index contributed by atoms with van der Waals surface area (Å²) < 4.78 is 0. The van der Waals surface area contributed by atoms with Crippen molar-refractivity contribution in [2.24, 2.45) is 5.73 Å². The molecule has 2 amide bonds. The van der Waals surface area contributed by atoms with Crippen LogP contribution in [0.3, 0.4) is 0 Å². The Hall–Kier alpha value is -0.336. The Morgan fingerprint density at radius 1 is 1.86 bits per heavy atom. The van der Waals surface area contributed by atoms with E-state index in [1.165, 1.54) is 0 Å². The molecule has 0 saturated heterocycles. The molecule has 0 aliphatic carbocycles. The second-order valence-corrected chi connectivity index (χ2v) is 5.16. The molecule has 0 aliphatic rings. The molecule has 0 spiro atoms. The second-order valence-electron chi connectivity index (χ2n) is 1.01. The van der Waals surface area contributed by atoms with Gasteiger partial charge in [-0.2, -0.15) is 0 Å². The monoisotopic (exact) mass is 136 g/mol. The summed E-state index contributed by atoms with van der Waals surface area (Å²) in [7, 11) is -1.56. The van der Waals surface area contributed by atoms with Crippen molar-refractivity contribution >= 4 is 24.5 Å². The van der Waals surface area contributed by atoms with Gasteiger partial charge in [-0.05, 0) is 0 Å². The van der Waals surface area contributed by atoms with Gasteiger partial charge in [0.15, 0.2) is 9.28 Å². The third kappa shape index (κ3) is 5.66. The van der Waals surface area contributed by atoms with E-state index in [1.54, 1.807) is 0 Å². The number of hydrogen-bond acceptors (Lipinski definition) is 2. The maximum atomic E-state index is 9.82. The van der Waals surface area contributed by atoms with Crippen LogP contribution < -0.4 is 10.7 Å². The van der Waals surface area contributed by atoms with E-state index in [-0.39, 0.29) is 0 Å². The van der Waals surface area contributed by atoms with Crippen molar-refractivity contribution in [1.82, 2.24) is 4.98 Å². The summed E-state index contributed by atoms with van der Waals surface area (Å²) in [5.74, 6) is 0. The Kier molecular flexibility index (Phi) is 3.66. The minimum Gasteiger partial charge on any atom is -0.440 e. The van der Waals surface area contributed by atoms with E-state index in [4.69, 9.17) is 4.80 Å². The molecule has 0 saturated carbocycles. The Morgan fingerprint density at radius 3 is 2.57 bits per heavy atom. The zero-order valence-corrected chi connectivity index (χ0v) is 6.68. The minimum atomic E-state index is -0.902. The molecule has 0 heterocycles. The number of amides is 2. The zero-order valence-electron chi connectivity index (χ0n) is 3.85. The molecular weight excluding hydrogens is 128 g/mol. The highest BCUT2D eigenvalue weighted by Gasteiger charge is 1.86. The van der Waals surface area contributed by atoms with Crippen LogP contribution in [0.15, 0.2) is 0 Å². The third-order valence-electron chi connectivity index (χ3n) is 0.411. The summed E-state index contributed by atoms with van der Waals surface area (Å²) >= 11 is 0. The Labute approximate surface area is 45.7 Å². The average molecular weight is 136 g/mol. The summed E-state index contributed by atoms with van der Waals surface area (Å²) in [6.07, 6.45) is 0. The normalized spacial score (nSPS) is 11.6. The highest BCUT2D eigenvalue weighted by Crippen LogP contribution is 1.46. The molecule has 0 aromatic carbocycles. The zero-order chi connectivity index (χ0) is 5.70. The maximum Gasteiger partial charge on any atom is 0.303 e. The maximum absolute atomic E-state index is 9.82. The van der Waals surface area contributed by atoms with Gasteiger partial charge in [-0.1, -0.05) is 0 Å². The topological polar surface area (TPSA) is 75.4 Å². The third-order valence-corrected chi connectivity index (χ3v) is 2.65. The van der Waals surface area contributed by atoms with Crippen LogP contribution in [0.25, 0.3) is 0 Å². The van der Waals surface area contributed by atoms with Gasteiger partial charge in [-0.15, -0.1) is 0 Å². The first-order valence-electron chi connectivity index (χ1n) is 1.91. The van der Waals surface area contributed by atoms with Crippen LogP contribution >= 0.6 is 0 Å². The summed E-state index contributed by atoms with van der Waals surface area (Å²) in [6.45, 7) is 0. The predicted octanol–water partition coefficient (Wildman–Crippen LogP) is -3.27. The van der Waals surface area contributed by atoms with Gasteiger partial charge in [-0.3, -0.25) is 4.79 Å².